The summed E-state index contributed by atoms with van der Waals surface area (Å²) in [6.07, 6.45) is -7.66. The first-order chi connectivity index (χ1) is 11.9. The predicted octanol–water partition coefficient (Wildman–Crippen LogP) is 4.45. The molecule has 3 rings (SSSR count). The van der Waals surface area contributed by atoms with Gasteiger partial charge in [0.1, 0.15) is 0 Å². The van der Waals surface area contributed by atoms with Crippen LogP contribution in [0.2, 0.25) is 0 Å². The van der Waals surface area contributed by atoms with Gasteiger partial charge in [0.2, 0.25) is 0 Å². The lowest BCUT2D eigenvalue weighted by Gasteiger charge is -2.13. The first-order valence-corrected chi connectivity index (χ1v) is 7.47. The molecule has 140 valence electrons. The SMILES string of the molecule is O=C(O)C1(Cn2ccc(-c3cc(C(F)(F)F)cc(C(F)(F)F)c3)n2)CC1. The summed E-state index contributed by atoms with van der Waals surface area (Å²) in [5.41, 5.74) is -4.26. The van der Waals surface area contributed by atoms with Crippen LogP contribution in [0.25, 0.3) is 11.3 Å². The second-order valence-electron chi connectivity index (χ2n) is 6.28. The summed E-state index contributed by atoms with van der Waals surface area (Å²) in [6.45, 7) is 0.00736. The lowest BCUT2D eigenvalue weighted by molar-refractivity contribution is -0.144. The highest BCUT2D eigenvalue weighted by Gasteiger charge is 2.50. The molecule has 0 amide bonds. The Labute approximate surface area is 143 Å². The molecule has 2 aromatic rings. The zero-order chi connectivity index (χ0) is 19.3. The third-order valence-electron chi connectivity index (χ3n) is 4.30. The van der Waals surface area contributed by atoms with Gasteiger partial charge in [0.05, 0.1) is 28.8 Å². The van der Waals surface area contributed by atoms with E-state index < -0.39 is 34.9 Å². The van der Waals surface area contributed by atoms with Crippen LogP contribution in [-0.4, -0.2) is 20.9 Å². The van der Waals surface area contributed by atoms with Crippen LogP contribution < -0.4 is 0 Å². The Balaban J connectivity index is 1.98. The summed E-state index contributed by atoms with van der Waals surface area (Å²) >= 11 is 0. The first kappa shape index (κ1) is 18.3. The van der Waals surface area contributed by atoms with Crippen molar-refractivity contribution in [2.24, 2.45) is 5.41 Å². The van der Waals surface area contributed by atoms with Gasteiger partial charge in [0.15, 0.2) is 0 Å². The topological polar surface area (TPSA) is 55.1 Å². The zero-order valence-corrected chi connectivity index (χ0v) is 13.0. The van der Waals surface area contributed by atoms with Crippen LogP contribution in [0.4, 0.5) is 26.3 Å². The van der Waals surface area contributed by atoms with Crippen LogP contribution in [0.3, 0.4) is 0 Å². The number of hydrogen-bond acceptors (Lipinski definition) is 2. The Kier molecular flexibility index (Phi) is 4.04. The average molecular weight is 378 g/mol. The van der Waals surface area contributed by atoms with E-state index in [-0.39, 0.29) is 23.9 Å². The van der Waals surface area contributed by atoms with Crippen molar-refractivity contribution in [1.82, 2.24) is 9.78 Å². The molecule has 1 saturated carbocycles. The highest BCUT2D eigenvalue weighted by atomic mass is 19.4. The van der Waals surface area contributed by atoms with Crippen molar-refractivity contribution in [1.29, 1.82) is 0 Å². The monoisotopic (exact) mass is 378 g/mol. The van der Waals surface area contributed by atoms with Crippen LogP contribution in [0.15, 0.2) is 30.5 Å². The van der Waals surface area contributed by atoms with Crippen LogP contribution in [-0.2, 0) is 23.7 Å². The molecule has 0 atom stereocenters. The number of aromatic nitrogens is 2. The molecule has 1 heterocycles. The van der Waals surface area contributed by atoms with Gasteiger partial charge in [-0.3, -0.25) is 9.48 Å². The molecule has 1 aromatic heterocycles. The van der Waals surface area contributed by atoms with Crippen molar-refractivity contribution >= 4 is 5.97 Å². The number of rotatable bonds is 4. The Morgan fingerprint density at radius 2 is 1.62 bits per heavy atom. The molecule has 0 saturated heterocycles. The minimum atomic E-state index is -4.94. The molecule has 0 unspecified atom stereocenters. The second kappa shape index (κ2) is 5.75. The summed E-state index contributed by atoms with van der Waals surface area (Å²) in [5, 5.41) is 13.1. The van der Waals surface area contributed by atoms with Gasteiger partial charge in [-0.2, -0.15) is 31.4 Å². The molecule has 10 heteroatoms. The molecule has 1 fully saturated rings. The number of halogens is 6. The number of carboxylic acids is 1. The van der Waals surface area contributed by atoms with E-state index in [1.165, 1.54) is 16.9 Å². The Morgan fingerprint density at radius 1 is 1.08 bits per heavy atom. The molecule has 1 aliphatic carbocycles. The van der Waals surface area contributed by atoms with E-state index in [1.54, 1.807) is 0 Å². The number of alkyl halides is 6. The lowest BCUT2D eigenvalue weighted by atomic mass is 10.0. The molecule has 0 radical (unpaired) electrons. The van der Waals surface area contributed by atoms with E-state index in [0.717, 1.165) is 0 Å². The van der Waals surface area contributed by atoms with Crippen molar-refractivity contribution in [3.8, 4) is 11.3 Å². The van der Waals surface area contributed by atoms with Crippen molar-refractivity contribution < 1.29 is 36.2 Å². The van der Waals surface area contributed by atoms with Gasteiger partial charge in [-0.25, -0.2) is 0 Å². The maximum Gasteiger partial charge on any atom is 0.416 e. The van der Waals surface area contributed by atoms with Crippen molar-refractivity contribution in [2.45, 2.75) is 31.7 Å². The summed E-state index contributed by atoms with van der Waals surface area (Å²) in [4.78, 5) is 11.2. The van der Waals surface area contributed by atoms with Crippen molar-refractivity contribution in [3.63, 3.8) is 0 Å². The Morgan fingerprint density at radius 3 is 2.04 bits per heavy atom. The maximum atomic E-state index is 12.9. The summed E-state index contributed by atoms with van der Waals surface area (Å²) in [5.74, 6) is -1.01. The molecule has 1 aliphatic rings. The molecule has 0 bridgehead atoms. The third kappa shape index (κ3) is 3.54. The molecule has 0 spiro atoms. The Hall–Kier alpha value is -2.52. The van der Waals surface area contributed by atoms with Gasteiger partial charge in [0, 0.05) is 11.8 Å². The molecule has 1 N–H and O–H groups in total. The quantitative estimate of drug-likeness (QED) is 0.800. The normalized spacial score (nSPS) is 16.5. The van der Waals surface area contributed by atoms with Gasteiger partial charge in [-0.15, -0.1) is 0 Å². The van der Waals surface area contributed by atoms with Gasteiger partial charge in [-0.1, -0.05) is 0 Å². The number of carbonyl (C=O) groups is 1. The van der Waals surface area contributed by atoms with Gasteiger partial charge >= 0.3 is 18.3 Å². The fraction of sp³-hybridized carbons (Fsp3) is 0.375. The maximum absolute atomic E-state index is 12.9. The third-order valence-corrected chi connectivity index (χ3v) is 4.30. The zero-order valence-electron chi connectivity index (χ0n) is 13.0. The summed E-state index contributed by atoms with van der Waals surface area (Å²) < 4.78 is 78.7. The predicted molar refractivity (Wildman–Crippen MR) is 77.0 cm³/mol. The number of aliphatic carboxylic acids is 1. The van der Waals surface area contributed by atoms with Gasteiger partial charge in [-0.05, 0) is 37.1 Å². The van der Waals surface area contributed by atoms with Crippen LogP contribution >= 0.6 is 0 Å². The fourth-order valence-corrected chi connectivity index (χ4v) is 2.61. The van der Waals surface area contributed by atoms with Gasteiger partial charge < -0.3 is 5.11 Å². The highest BCUT2D eigenvalue weighted by Crippen LogP contribution is 2.47. The van der Waals surface area contributed by atoms with Crippen LogP contribution in [0, 0.1) is 5.41 Å². The summed E-state index contributed by atoms with van der Waals surface area (Å²) in [6, 6.07) is 2.48. The van der Waals surface area contributed by atoms with Crippen molar-refractivity contribution in [2.75, 3.05) is 0 Å². The molecular formula is C16H12F6N2O2. The molecule has 4 nitrogen and oxygen atoms in total. The molecule has 0 aliphatic heterocycles. The van der Waals surface area contributed by atoms with E-state index in [9.17, 15) is 31.1 Å². The largest absolute Gasteiger partial charge is 0.481 e. The smallest absolute Gasteiger partial charge is 0.416 e. The lowest BCUT2D eigenvalue weighted by Crippen LogP contribution is -2.21. The number of carboxylic acid groups (broad SMARTS) is 1. The number of hydrogen-bond donors (Lipinski definition) is 1. The van der Waals surface area contributed by atoms with E-state index >= 15 is 0 Å². The number of benzene rings is 1. The second-order valence-corrected chi connectivity index (χ2v) is 6.28. The average Bonchev–Trinajstić information content (AvgIpc) is 3.15. The van der Waals surface area contributed by atoms with Crippen LogP contribution in [0.5, 0.6) is 0 Å². The molecule has 1 aromatic carbocycles. The summed E-state index contributed by atoms with van der Waals surface area (Å²) in [7, 11) is 0. The fourth-order valence-electron chi connectivity index (χ4n) is 2.61. The van der Waals surface area contributed by atoms with Crippen LogP contribution in [0.1, 0.15) is 24.0 Å². The molecule has 26 heavy (non-hydrogen) atoms. The standard InChI is InChI=1S/C16H12F6N2O2/c17-15(18,19)10-5-9(6-11(7-10)16(20,21)22)12-1-4-24(23-12)8-14(2-3-14)13(25)26/h1,4-7H,2-3,8H2,(H,25,26). The van der Waals surface area contributed by atoms with E-state index in [0.29, 0.717) is 25.0 Å². The molecular weight excluding hydrogens is 366 g/mol. The highest BCUT2D eigenvalue weighted by molar-refractivity contribution is 5.77. The number of nitrogens with zero attached hydrogens (tertiary/aromatic N) is 2. The van der Waals surface area contributed by atoms with Gasteiger partial charge in [0.25, 0.3) is 0 Å². The van der Waals surface area contributed by atoms with Crippen molar-refractivity contribution in [3.05, 3.63) is 41.6 Å². The van der Waals surface area contributed by atoms with E-state index in [4.69, 9.17) is 5.11 Å². The minimum absolute atomic E-state index is 0.00736. The Bertz CT molecular complexity index is 817. The minimum Gasteiger partial charge on any atom is -0.481 e. The first-order valence-electron chi connectivity index (χ1n) is 7.47. The van der Waals surface area contributed by atoms with E-state index in [1.807, 2.05) is 0 Å². The van der Waals surface area contributed by atoms with E-state index in [2.05, 4.69) is 5.10 Å².